The van der Waals surface area contributed by atoms with Crippen molar-refractivity contribution >= 4 is 10.8 Å². The van der Waals surface area contributed by atoms with Crippen LogP contribution < -0.4 is 10.1 Å². The molecule has 0 atom stereocenters. The van der Waals surface area contributed by atoms with Crippen LogP contribution >= 0.6 is 0 Å². The summed E-state index contributed by atoms with van der Waals surface area (Å²) in [5.74, 6) is 1.65. The monoisotopic (exact) mass is 283 g/mol. The van der Waals surface area contributed by atoms with Gasteiger partial charge in [0.15, 0.2) is 0 Å². The number of ether oxygens (including phenoxy) is 1. The molecule has 1 N–H and O–H groups in total. The van der Waals surface area contributed by atoms with Crippen LogP contribution in [0, 0.1) is 5.92 Å². The van der Waals surface area contributed by atoms with Gasteiger partial charge < -0.3 is 10.1 Å². The average molecular weight is 283 g/mol. The van der Waals surface area contributed by atoms with Gasteiger partial charge in [-0.3, -0.25) is 0 Å². The van der Waals surface area contributed by atoms with Crippen LogP contribution in [0.1, 0.15) is 25.8 Å². The minimum Gasteiger partial charge on any atom is -0.493 e. The minimum atomic E-state index is 0.660. The highest BCUT2D eigenvalue weighted by Crippen LogP contribution is 2.28. The van der Waals surface area contributed by atoms with Crippen LogP contribution in [-0.4, -0.2) is 13.2 Å². The largest absolute Gasteiger partial charge is 0.493 e. The molecule has 2 aromatic rings. The van der Waals surface area contributed by atoms with E-state index in [9.17, 15) is 0 Å². The molecule has 0 aliphatic heterocycles. The van der Waals surface area contributed by atoms with Gasteiger partial charge in [0.2, 0.25) is 0 Å². The number of hydrogen-bond donors (Lipinski definition) is 1. The van der Waals surface area contributed by atoms with E-state index in [4.69, 9.17) is 4.74 Å². The van der Waals surface area contributed by atoms with Gasteiger partial charge in [-0.2, -0.15) is 0 Å². The second-order valence-electron chi connectivity index (χ2n) is 5.71. The molecule has 2 rings (SSSR count). The lowest BCUT2D eigenvalue weighted by atomic mass is 10.0. The molecule has 0 bridgehead atoms. The van der Waals surface area contributed by atoms with Crippen molar-refractivity contribution in [1.29, 1.82) is 0 Å². The standard InChI is InChI=1S/C19H25NO/c1-4-12-20-14-18-17-8-6-5-7-16(17)9-10-19(18)21-13-11-15(2)3/h4-10,15,20H,1,11-14H2,2-3H3. The van der Waals surface area contributed by atoms with E-state index >= 15 is 0 Å². The maximum absolute atomic E-state index is 6.02. The second kappa shape index (κ2) is 7.84. The van der Waals surface area contributed by atoms with E-state index in [-0.39, 0.29) is 0 Å². The first-order valence-corrected chi connectivity index (χ1v) is 7.67. The van der Waals surface area contributed by atoms with Crippen LogP contribution in [0.4, 0.5) is 0 Å². The van der Waals surface area contributed by atoms with Crippen molar-refractivity contribution in [3.05, 3.63) is 54.6 Å². The molecule has 0 radical (unpaired) electrons. The summed E-state index contributed by atoms with van der Waals surface area (Å²) in [6.07, 6.45) is 2.96. The van der Waals surface area contributed by atoms with Crippen LogP contribution in [0.2, 0.25) is 0 Å². The van der Waals surface area contributed by atoms with Gasteiger partial charge in [-0.15, -0.1) is 6.58 Å². The lowest BCUT2D eigenvalue weighted by molar-refractivity contribution is 0.287. The molecule has 0 aromatic heterocycles. The van der Waals surface area contributed by atoms with Crippen molar-refractivity contribution in [1.82, 2.24) is 5.32 Å². The van der Waals surface area contributed by atoms with Gasteiger partial charge in [0.25, 0.3) is 0 Å². The first-order chi connectivity index (χ1) is 10.2. The van der Waals surface area contributed by atoms with Crippen LogP contribution in [0.3, 0.4) is 0 Å². The Morgan fingerprint density at radius 1 is 1.19 bits per heavy atom. The first kappa shape index (κ1) is 15.6. The zero-order chi connectivity index (χ0) is 15.1. The smallest absolute Gasteiger partial charge is 0.124 e. The van der Waals surface area contributed by atoms with Crippen LogP contribution in [0.15, 0.2) is 49.1 Å². The van der Waals surface area contributed by atoms with Crippen molar-refractivity contribution in [2.45, 2.75) is 26.8 Å². The summed E-state index contributed by atoms with van der Waals surface area (Å²) in [4.78, 5) is 0. The summed E-state index contributed by atoms with van der Waals surface area (Å²) in [5.41, 5.74) is 1.23. The number of benzene rings is 2. The molecular formula is C19H25NO. The Kier molecular flexibility index (Phi) is 5.82. The van der Waals surface area contributed by atoms with Crippen LogP contribution in [-0.2, 0) is 6.54 Å². The zero-order valence-electron chi connectivity index (χ0n) is 13.1. The Morgan fingerprint density at radius 3 is 2.76 bits per heavy atom. The summed E-state index contributed by atoms with van der Waals surface area (Å²) < 4.78 is 6.02. The summed E-state index contributed by atoms with van der Waals surface area (Å²) >= 11 is 0. The van der Waals surface area contributed by atoms with Crippen LogP contribution in [0.5, 0.6) is 5.75 Å². The highest BCUT2D eigenvalue weighted by Gasteiger charge is 2.08. The van der Waals surface area contributed by atoms with E-state index < -0.39 is 0 Å². The molecule has 0 spiro atoms. The Balaban J connectivity index is 2.24. The Labute approximate surface area is 127 Å². The average Bonchev–Trinajstić information content (AvgIpc) is 2.48. The zero-order valence-corrected chi connectivity index (χ0v) is 13.1. The van der Waals surface area contributed by atoms with Crippen molar-refractivity contribution in [2.24, 2.45) is 5.92 Å². The fraction of sp³-hybridized carbons (Fsp3) is 0.368. The summed E-state index contributed by atoms with van der Waals surface area (Å²) in [6, 6.07) is 12.7. The Hall–Kier alpha value is -1.80. The molecular weight excluding hydrogens is 258 g/mol. The SMILES string of the molecule is C=CCNCc1c(OCCC(C)C)ccc2ccccc12. The van der Waals surface area contributed by atoms with E-state index in [1.165, 1.54) is 16.3 Å². The maximum atomic E-state index is 6.02. The molecule has 0 fully saturated rings. The van der Waals surface area contributed by atoms with Gasteiger partial charge in [-0.05, 0) is 29.2 Å². The normalized spacial score (nSPS) is 11.0. The van der Waals surface area contributed by atoms with Gasteiger partial charge in [0, 0.05) is 18.7 Å². The highest BCUT2D eigenvalue weighted by molar-refractivity contribution is 5.87. The maximum Gasteiger partial charge on any atom is 0.124 e. The topological polar surface area (TPSA) is 21.3 Å². The molecule has 0 amide bonds. The number of rotatable bonds is 8. The minimum absolute atomic E-state index is 0.660. The summed E-state index contributed by atoms with van der Waals surface area (Å²) in [5, 5.41) is 5.90. The highest BCUT2D eigenvalue weighted by atomic mass is 16.5. The molecule has 112 valence electrons. The molecule has 2 heteroatoms. The van der Waals surface area contributed by atoms with Crippen molar-refractivity contribution in [2.75, 3.05) is 13.2 Å². The third-order valence-corrected chi connectivity index (χ3v) is 3.54. The molecule has 0 heterocycles. The first-order valence-electron chi connectivity index (χ1n) is 7.67. The third-order valence-electron chi connectivity index (χ3n) is 3.54. The van der Waals surface area contributed by atoms with Crippen molar-refractivity contribution < 1.29 is 4.74 Å². The fourth-order valence-corrected chi connectivity index (χ4v) is 2.34. The van der Waals surface area contributed by atoms with Gasteiger partial charge in [-0.1, -0.05) is 50.3 Å². The quantitative estimate of drug-likeness (QED) is 0.567. The molecule has 0 aliphatic carbocycles. The summed E-state index contributed by atoms with van der Waals surface area (Å²) in [6.45, 7) is 10.6. The van der Waals surface area contributed by atoms with Gasteiger partial charge in [0.1, 0.15) is 5.75 Å². The van der Waals surface area contributed by atoms with Gasteiger partial charge in [0.05, 0.1) is 6.61 Å². The predicted octanol–water partition coefficient (Wildman–Crippen LogP) is 4.54. The predicted molar refractivity (Wildman–Crippen MR) is 90.8 cm³/mol. The lowest BCUT2D eigenvalue weighted by Gasteiger charge is -2.15. The van der Waals surface area contributed by atoms with E-state index in [1.54, 1.807) is 0 Å². The molecule has 0 aliphatic rings. The summed E-state index contributed by atoms with van der Waals surface area (Å²) in [7, 11) is 0. The van der Waals surface area contributed by atoms with E-state index in [0.717, 1.165) is 31.9 Å². The van der Waals surface area contributed by atoms with Gasteiger partial charge in [-0.25, -0.2) is 0 Å². The number of hydrogen-bond acceptors (Lipinski definition) is 2. The van der Waals surface area contributed by atoms with Crippen molar-refractivity contribution in [3.63, 3.8) is 0 Å². The van der Waals surface area contributed by atoms with Crippen LogP contribution in [0.25, 0.3) is 10.8 Å². The molecule has 0 saturated heterocycles. The van der Waals surface area contributed by atoms with Crippen molar-refractivity contribution in [3.8, 4) is 5.75 Å². The molecule has 2 nitrogen and oxygen atoms in total. The second-order valence-corrected chi connectivity index (χ2v) is 5.71. The molecule has 0 unspecified atom stereocenters. The molecule has 0 saturated carbocycles. The molecule has 2 aromatic carbocycles. The third kappa shape index (κ3) is 4.33. The molecule has 21 heavy (non-hydrogen) atoms. The van der Waals surface area contributed by atoms with Gasteiger partial charge >= 0.3 is 0 Å². The lowest BCUT2D eigenvalue weighted by Crippen LogP contribution is -2.14. The van der Waals surface area contributed by atoms with E-state index in [2.05, 4.69) is 62.1 Å². The number of fused-ring (bicyclic) bond motifs is 1. The Bertz CT molecular complexity index is 589. The van der Waals surface area contributed by atoms with E-state index in [1.807, 2.05) is 6.08 Å². The van der Waals surface area contributed by atoms with E-state index in [0.29, 0.717) is 5.92 Å². The fourth-order valence-electron chi connectivity index (χ4n) is 2.34. The number of nitrogens with one attached hydrogen (secondary N) is 1. The Morgan fingerprint density at radius 2 is 2.00 bits per heavy atom.